The molecule has 1 aromatic carbocycles. The van der Waals surface area contributed by atoms with E-state index in [1.807, 2.05) is 23.1 Å². The number of likely N-dealkylation sites (tertiary alicyclic amines) is 1. The Hall–Kier alpha value is -0.350. The molecule has 1 fully saturated rings. The molecule has 1 amide bonds. The van der Waals surface area contributed by atoms with E-state index in [-0.39, 0.29) is 5.91 Å². The van der Waals surface area contributed by atoms with Crippen LogP contribution < -0.4 is 0 Å². The van der Waals surface area contributed by atoms with Crippen LogP contribution in [0.4, 0.5) is 0 Å². The molecule has 1 atom stereocenters. The molecule has 98 valence electrons. The Balaban J connectivity index is 2.26. The van der Waals surface area contributed by atoms with Crippen LogP contribution in [0.25, 0.3) is 0 Å². The Kier molecular flexibility index (Phi) is 4.84. The van der Waals surface area contributed by atoms with Gasteiger partial charge in [-0.05, 0) is 59.8 Å². The van der Waals surface area contributed by atoms with E-state index in [2.05, 4.69) is 38.8 Å². The Labute approximate surface area is 125 Å². The van der Waals surface area contributed by atoms with Crippen LogP contribution in [0.15, 0.2) is 27.1 Å². The van der Waals surface area contributed by atoms with E-state index in [0.717, 1.165) is 40.3 Å². The maximum Gasteiger partial charge on any atom is 0.255 e. The summed E-state index contributed by atoms with van der Waals surface area (Å²) in [6, 6.07) is 6.15. The van der Waals surface area contributed by atoms with E-state index in [1.54, 1.807) is 0 Å². The summed E-state index contributed by atoms with van der Waals surface area (Å²) in [5, 5.41) is 0. The number of carbonyl (C=O) groups is 1. The number of piperidine rings is 1. The van der Waals surface area contributed by atoms with Crippen molar-refractivity contribution in [2.75, 3.05) is 6.54 Å². The molecule has 0 bridgehead atoms. The van der Waals surface area contributed by atoms with Gasteiger partial charge >= 0.3 is 0 Å². The van der Waals surface area contributed by atoms with Crippen molar-refractivity contribution in [2.45, 2.75) is 38.6 Å². The van der Waals surface area contributed by atoms with Gasteiger partial charge in [-0.15, -0.1) is 0 Å². The van der Waals surface area contributed by atoms with E-state index in [0.29, 0.717) is 6.04 Å². The van der Waals surface area contributed by atoms with E-state index in [4.69, 9.17) is 0 Å². The first-order valence-corrected chi connectivity index (χ1v) is 7.98. The van der Waals surface area contributed by atoms with Crippen LogP contribution in [-0.4, -0.2) is 23.4 Å². The van der Waals surface area contributed by atoms with Crippen LogP contribution in [0.1, 0.15) is 43.0 Å². The number of nitrogens with zero attached hydrogens (tertiary/aromatic N) is 1. The maximum atomic E-state index is 12.6. The zero-order chi connectivity index (χ0) is 13.1. The number of hydrogen-bond acceptors (Lipinski definition) is 1. The summed E-state index contributed by atoms with van der Waals surface area (Å²) in [4.78, 5) is 14.7. The summed E-state index contributed by atoms with van der Waals surface area (Å²) in [6.45, 7) is 3.04. The molecule has 18 heavy (non-hydrogen) atoms. The molecule has 0 radical (unpaired) electrons. The third-order valence-electron chi connectivity index (χ3n) is 3.52. The van der Waals surface area contributed by atoms with Crippen LogP contribution in [0.3, 0.4) is 0 Å². The minimum Gasteiger partial charge on any atom is -0.336 e. The quantitative estimate of drug-likeness (QED) is 0.739. The van der Waals surface area contributed by atoms with Gasteiger partial charge in [0.1, 0.15) is 0 Å². The summed E-state index contributed by atoms with van der Waals surface area (Å²) < 4.78 is 1.82. The molecular formula is C14H17Br2NO. The highest BCUT2D eigenvalue weighted by Gasteiger charge is 2.27. The number of rotatable bonds is 2. The Morgan fingerprint density at radius 2 is 2.17 bits per heavy atom. The second kappa shape index (κ2) is 6.20. The highest BCUT2D eigenvalue weighted by atomic mass is 79.9. The lowest BCUT2D eigenvalue weighted by Crippen LogP contribution is -2.43. The Morgan fingerprint density at radius 3 is 2.89 bits per heavy atom. The smallest absolute Gasteiger partial charge is 0.255 e. The molecule has 0 aliphatic carbocycles. The predicted octanol–water partition coefficient (Wildman–Crippen LogP) is 4.62. The van der Waals surface area contributed by atoms with Crippen molar-refractivity contribution >= 4 is 37.8 Å². The minimum absolute atomic E-state index is 0.148. The molecule has 0 aromatic heterocycles. The van der Waals surface area contributed by atoms with Gasteiger partial charge < -0.3 is 4.90 Å². The van der Waals surface area contributed by atoms with E-state index < -0.39 is 0 Å². The third kappa shape index (κ3) is 2.97. The summed E-state index contributed by atoms with van der Waals surface area (Å²) in [5.74, 6) is 0.148. The van der Waals surface area contributed by atoms with Gasteiger partial charge in [-0.2, -0.15) is 0 Å². The molecule has 0 N–H and O–H groups in total. The summed E-state index contributed by atoms with van der Waals surface area (Å²) in [5.41, 5.74) is 0.754. The van der Waals surface area contributed by atoms with Crippen molar-refractivity contribution in [3.05, 3.63) is 32.7 Å². The van der Waals surface area contributed by atoms with Crippen LogP contribution in [0.5, 0.6) is 0 Å². The second-order valence-corrected chi connectivity index (χ2v) is 6.45. The average molecular weight is 375 g/mol. The summed E-state index contributed by atoms with van der Waals surface area (Å²) >= 11 is 6.90. The fourth-order valence-corrected chi connectivity index (χ4v) is 3.29. The zero-order valence-electron chi connectivity index (χ0n) is 10.5. The number of amides is 1. The SMILES string of the molecule is CCC1CCCCN1C(=O)c1cc(Br)ccc1Br. The van der Waals surface area contributed by atoms with Crippen molar-refractivity contribution in [3.63, 3.8) is 0 Å². The van der Waals surface area contributed by atoms with Gasteiger partial charge in [0.25, 0.3) is 5.91 Å². The Bertz CT molecular complexity index is 447. The van der Waals surface area contributed by atoms with Gasteiger partial charge in [0.2, 0.25) is 0 Å². The van der Waals surface area contributed by atoms with Crippen LogP contribution in [-0.2, 0) is 0 Å². The maximum absolute atomic E-state index is 12.6. The molecule has 1 unspecified atom stereocenters. The molecule has 2 rings (SSSR count). The zero-order valence-corrected chi connectivity index (χ0v) is 13.6. The van der Waals surface area contributed by atoms with E-state index >= 15 is 0 Å². The molecule has 0 spiro atoms. The molecule has 0 saturated carbocycles. The predicted molar refractivity (Wildman–Crippen MR) is 80.8 cm³/mol. The molecule has 2 nitrogen and oxygen atoms in total. The molecule has 1 aliphatic heterocycles. The molecule has 1 aliphatic rings. The lowest BCUT2D eigenvalue weighted by Gasteiger charge is -2.35. The lowest BCUT2D eigenvalue weighted by atomic mass is 9.99. The Morgan fingerprint density at radius 1 is 1.39 bits per heavy atom. The minimum atomic E-state index is 0.148. The number of halogens is 2. The summed E-state index contributed by atoms with van der Waals surface area (Å²) in [6.07, 6.45) is 4.53. The molecular weight excluding hydrogens is 358 g/mol. The fourth-order valence-electron chi connectivity index (χ4n) is 2.51. The monoisotopic (exact) mass is 373 g/mol. The molecule has 1 aromatic rings. The normalized spacial score (nSPS) is 19.9. The van der Waals surface area contributed by atoms with Gasteiger partial charge in [-0.1, -0.05) is 22.9 Å². The highest BCUT2D eigenvalue weighted by molar-refractivity contribution is 9.11. The van der Waals surface area contributed by atoms with Crippen molar-refractivity contribution < 1.29 is 4.79 Å². The first-order valence-electron chi connectivity index (χ1n) is 6.39. The van der Waals surface area contributed by atoms with Crippen molar-refractivity contribution in [1.29, 1.82) is 0 Å². The topological polar surface area (TPSA) is 20.3 Å². The number of benzene rings is 1. The van der Waals surface area contributed by atoms with Gasteiger partial charge in [0.05, 0.1) is 5.56 Å². The van der Waals surface area contributed by atoms with Crippen molar-refractivity contribution in [2.24, 2.45) is 0 Å². The van der Waals surface area contributed by atoms with Crippen LogP contribution >= 0.6 is 31.9 Å². The largest absolute Gasteiger partial charge is 0.336 e. The van der Waals surface area contributed by atoms with Crippen LogP contribution in [0, 0.1) is 0 Å². The van der Waals surface area contributed by atoms with E-state index in [9.17, 15) is 4.79 Å². The first-order chi connectivity index (χ1) is 8.63. The standard InChI is InChI=1S/C14H17Br2NO/c1-2-11-5-3-4-8-17(11)14(18)12-9-10(15)6-7-13(12)16/h6-7,9,11H,2-5,8H2,1H3. The lowest BCUT2D eigenvalue weighted by molar-refractivity contribution is 0.0607. The fraction of sp³-hybridized carbons (Fsp3) is 0.500. The highest BCUT2D eigenvalue weighted by Crippen LogP contribution is 2.27. The average Bonchev–Trinajstić information content (AvgIpc) is 2.40. The summed E-state index contributed by atoms with van der Waals surface area (Å²) in [7, 11) is 0. The van der Waals surface area contributed by atoms with Crippen molar-refractivity contribution in [1.82, 2.24) is 4.90 Å². The molecule has 1 heterocycles. The van der Waals surface area contributed by atoms with Crippen LogP contribution in [0.2, 0.25) is 0 Å². The van der Waals surface area contributed by atoms with Gasteiger partial charge in [0.15, 0.2) is 0 Å². The number of carbonyl (C=O) groups excluding carboxylic acids is 1. The van der Waals surface area contributed by atoms with Gasteiger partial charge in [-0.3, -0.25) is 4.79 Å². The molecule has 4 heteroatoms. The number of hydrogen-bond donors (Lipinski definition) is 0. The van der Waals surface area contributed by atoms with Gasteiger partial charge in [0, 0.05) is 21.5 Å². The third-order valence-corrected chi connectivity index (χ3v) is 4.70. The van der Waals surface area contributed by atoms with E-state index in [1.165, 1.54) is 6.42 Å². The van der Waals surface area contributed by atoms with Gasteiger partial charge in [-0.25, -0.2) is 0 Å². The first kappa shape index (κ1) is 14.1. The molecule has 1 saturated heterocycles. The second-order valence-electron chi connectivity index (χ2n) is 4.68. The van der Waals surface area contributed by atoms with Crippen molar-refractivity contribution in [3.8, 4) is 0 Å².